The third kappa shape index (κ3) is 4.70. The van der Waals surface area contributed by atoms with Gasteiger partial charge in [-0.25, -0.2) is 9.78 Å². The Balaban J connectivity index is 1.55. The quantitative estimate of drug-likeness (QED) is 0.241. The zero-order valence-corrected chi connectivity index (χ0v) is 21.8. The highest BCUT2D eigenvalue weighted by Gasteiger charge is 2.33. The van der Waals surface area contributed by atoms with Crippen LogP contribution >= 0.6 is 0 Å². The first-order chi connectivity index (χ1) is 19.0. The van der Waals surface area contributed by atoms with Crippen molar-refractivity contribution in [3.05, 3.63) is 101 Å². The summed E-state index contributed by atoms with van der Waals surface area (Å²) in [5, 5.41) is 23.7. The Morgan fingerprint density at radius 2 is 1.85 bits per heavy atom. The molecule has 0 amide bonds. The fourth-order valence-electron chi connectivity index (χ4n) is 5.70. The summed E-state index contributed by atoms with van der Waals surface area (Å²) in [4.78, 5) is 19.1. The molecule has 1 aliphatic rings. The minimum atomic E-state index is -1.10. The van der Waals surface area contributed by atoms with Gasteiger partial charge in [-0.1, -0.05) is 54.4 Å². The molecular weight excluding hydrogens is 492 g/mol. The van der Waals surface area contributed by atoms with Crippen molar-refractivity contribution in [1.82, 2.24) is 9.88 Å². The average Bonchev–Trinajstić information content (AvgIpc) is 3.41. The van der Waals surface area contributed by atoms with Crippen molar-refractivity contribution in [2.75, 3.05) is 13.1 Å². The first-order valence-electron chi connectivity index (χ1n) is 13.3. The number of aryl methyl sites for hydroxylation is 1. The van der Waals surface area contributed by atoms with E-state index in [4.69, 9.17) is 9.15 Å². The van der Waals surface area contributed by atoms with E-state index < -0.39 is 12.0 Å². The van der Waals surface area contributed by atoms with E-state index in [9.17, 15) is 15.0 Å². The van der Waals surface area contributed by atoms with Crippen molar-refractivity contribution in [3.8, 4) is 11.6 Å². The molecule has 1 atom stereocenters. The lowest BCUT2D eigenvalue weighted by molar-refractivity contribution is 0.0698. The minimum Gasteiger partial charge on any atom is -0.507 e. The monoisotopic (exact) mass is 522 g/mol. The number of hydrogen-bond donors (Lipinski definition) is 2. The number of ether oxygens (including phenoxy) is 1. The Hall–Kier alpha value is -4.36. The Kier molecular flexibility index (Phi) is 6.67. The molecule has 5 aromatic rings. The van der Waals surface area contributed by atoms with Crippen LogP contribution in [0.3, 0.4) is 0 Å². The molecule has 3 heterocycles. The lowest BCUT2D eigenvalue weighted by Gasteiger charge is -2.36. The van der Waals surface area contributed by atoms with Gasteiger partial charge < -0.3 is 19.4 Å². The summed E-state index contributed by atoms with van der Waals surface area (Å²) < 4.78 is 11.9. The van der Waals surface area contributed by atoms with Gasteiger partial charge in [0.15, 0.2) is 0 Å². The smallest absolute Gasteiger partial charge is 0.339 e. The lowest BCUT2D eigenvalue weighted by atomic mass is 9.88. The standard InChI is InChI=1S/C32H30N2O5/c1-20-10-11-23-24(16-20)30(35)28(27-25(32(36)37)19-39-31(23)27)29(34-14-6-3-7-15-34)22-12-13-33-26(17-22)38-18-21-8-4-2-5-9-21/h2,4-5,8-13,16-17,19,29,35H,3,6-7,14-15,18H2,1H3,(H,36,37). The number of nitrogens with zero attached hydrogens (tertiary/aromatic N) is 2. The number of aromatic carboxylic acids is 1. The van der Waals surface area contributed by atoms with Crippen LogP contribution in [0.25, 0.3) is 21.7 Å². The van der Waals surface area contributed by atoms with Crippen LogP contribution < -0.4 is 4.74 Å². The van der Waals surface area contributed by atoms with E-state index in [1.165, 1.54) is 6.26 Å². The highest BCUT2D eigenvalue weighted by Crippen LogP contribution is 2.47. The molecule has 7 nitrogen and oxygen atoms in total. The zero-order chi connectivity index (χ0) is 26.9. The fraction of sp³-hybridized carbons (Fsp3) is 0.250. The summed E-state index contributed by atoms with van der Waals surface area (Å²) in [6, 6.07) is 19.0. The van der Waals surface area contributed by atoms with Gasteiger partial charge in [0, 0.05) is 34.0 Å². The van der Waals surface area contributed by atoms with Crippen LogP contribution in [0.2, 0.25) is 0 Å². The summed E-state index contributed by atoms with van der Waals surface area (Å²) >= 11 is 0. The summed E-state index contributed by atoms with van der Waals surface area (Å²) in [6.07, 6.45) is 6.16. The molecule has 0 aliphatic carbocycles. The van der Waals surface area contributed by atoms with Crippen LogP contribution in [0.1, 0.15) is 57.9 Å². The highest BCUT2D eigenvalue weighted by molar-refractivity contribution is 6.15. The van der Waals surface area contributed by atoms with Gasteiger partial charge in [0.1, 0.15) is 29.8 Å². The SMILES string of the molecule is Cc1ccc2c(c1)c(O)c(C(c1ccnc(OCc3ccccc3)c1)N1CCCCC1)c1c(C(=O)O)coc12. The van der Waals surface area contributed by atoms with E-state index in [-0.39, 0.29) is 11.3 Å². The summed E-state index contributed by atoms with van der Waals surface area (Å²) in [6.45, 7) is 3.98. The zero-order valence-electron chi connectivity index (χ0n) is 21.8. The number of furan rings is 1. The molecule has 1 saturated heterocycles. The van der Waals surface area contributed by atoms with Gasteiger partial charge >= 0.3 is 5.97 Å². The largest absolute Gasteiger partial charge is 0.507 e. The number of pyridine rings is 1. The van der Waals surface area contributed by atoms with Crippen molar-refractivity contribution in [1.29, 1.82) is 0 Å². The molecule has 1 fully saturated rings. The number of phenols is 1. The molecule has 2 N–H and O–H groups in total. The van der Waals surface area contributed by atoms with Crippen molar-refractivity contribution in [2.45, 2.75) is 38.8 Å². The maximum Gasteiger partial charge on any atom is 0.339 e. The lowest BCUT2D eigenvalue weighted by Crippen LogP contribution is -2.34. The van der Waals surface area contributed by atoms with Crippen molar-refractivity contribution in [3.63, 3.8) is 0 Å². The average molecular weight is 523 g/mol. The Bertz CT molecular complexity index is 1650. The van der Waals surface area contributed by atoms with Crippen LogP contribution in [-0.2, 0) is 6.61 Å². The maximum atomic E-state index is 12.4. The predicted molar refractivity (Wildman–Crippen MR) is 149 cm³/mol. The van der Waals surface area contributed by atoms with Crippen LogP contribution in [0, 0.1) is 6.92 Å². The number of rotatable bonds is 7. The number of benzene rings is 3. The second-order valence-electron chi connectivity index (χ2n) is 10.2. The van der Waals surface area contributed by atoms with Crippen LogP contribution in [-0.4, -0.2) is 39.2 Å². The van der Waals surface area contributed by atoms with Gasteiger partial charge in [-0.3, -0.25) is 4.90 Å². The molecule has 0 spiro atoms. The van der Waals surface area contributed by atoms with Gasteiger partial charge in [-0.05, 0) is 56.1 Å². The number of phenolic OH excluding ortho intramolecular Hbond substituents is 1. The number of piperidine rings is 1. The predicted octanol–water partition coefficient (Wildman–Crippen LogP) is 6.85. The molecule has 1 aliphatic heterocycles. The minimum absolute atomic E-state index is 0.0365. The Morgan fingerprint density at radius 3 is 2.62 bits per heavy atom. The Labute approximate surface area is 226 Å². The molecule has 198 valence electrons. The third-order valence-corrected chi connectivity index (χ3v) is 7.55. The van der Waals surface area contributed by atoms with Gasteiger partial charge in [0.25, 0.3) is 0 Å². The number of carbonyl (C=O) groups is 1. The number of fused-ring (bicyclic) bond motifs is 3. The molecule has 7 heteroatoms. The highest BCUT2D eigenvalue weighted by atomic mass is 16.5. The molecule has 39 heavy (non-hydrogen) atoms. The van der Waals surface area contributed by atoms with E-state index >= 15 is 0 Å². The third-order valence-electron chi connectivity index (χ3n) is 7.55. The maximum absolute atomic E-state index is 12.4. The van der Waals surface area contributed by atoms with Crippen LogP contribution in [0.15, 0.2) is 77.5 Å². The Morgan fingerprint density at radius 1 is 1.05 bits per heavy atom. The molecule has 0 bridgehead atoms. The van der Waals surface area contributed by atoms with Crippen molar-refractivity contribution >= 4 is 27.7 Å². The van der Waals surface area contributed by atoms with E-state index in [0.29, 0.717) is 39.8 Å². The molecule has 3 aromatic carbocycles. The van der Waals surface area contributed by atoms with Gasteiger partial charge in [-0.2, -0.15) is 0 Å². The summed E-state index contributed by atoms with van der Waals surface area (Å²) in [5.41, 5.74) is 3.93. The van der Waals surface area contributed by atoms with Gasteiger partial charge in [-0.15, -0.1) is 0 Å². The molecule has 1 unspecified atom stereocenters. The summed E-state index contributed by atoms with van der Waals surface area (Å²) in [5.74, 6) is -0.555. The number of carboxylic acids is 1. The van der Waals surface area contributed by atoms with Crippen molar-refractivity contribution < 1.29 is 24.2 Å². The molecule has 0 radical (unpaired) electrons. The van der Waals surface area contributed by atoms with E-state index in [1.54, 1.807) is 6.20 Å². The van der Waals surface area contributed by atoms with Crippen molar-refractivity contribution in [2.24, 2.45) is 0 Å². The molecular formula is C32H30N2O5. The number of aromatic nitrogens is 1. The summed E-state index contributed by atoms with van der Waals surface area (Å²) in [7, 11) is 0. The number of likely N-dealkylation sites (tertiary alicyclic amines) is 1. The first-order valence-corrected chi connectivity index (χ1v) is 13.3. The number of carboxylic acid groups (broad SMARTS) is 1. The normalized spacial score (nSPS) is 15.0. The van der Waals surface area contributed by atoms with Gasteiger partial charge in [0.2, 0.25) is 5.88 Å². The second kappa shape index (κ2) is 10.4. The van der Waals surface area contributed by atoms with E-state index in [0.717, 1.165) is 49.0 Å². The molecule has 2 aromatic heterocycles. The van der Waals surface area contributed by atoms with E-state index in [1.807, 2.05) is 67.6 Å². The van der Waals surface area contributed by atoms with E-state index in [2.05, 4.69) is 9.88 Å². The fourth-order valence-corrected chi connectivity index (χ4v) is 5.70. The molecule has 0 saturated carbocycles. The van der Waals surface area contributed by atoms with Crippen LogP contribution in [0.4, 0.5) is 0 Å². The number of aromatic hydroxyl groups is 1. The van der Waals surface area contributed by atoms with Gasteiger partial charge in [0.05, 0.1) is 6.04 Å². The first kappa shape index (κ1) is 24.9. The second-order valence-corrected chi connectivity index (χ2v) is 10.2. The topological polar surface area (TPSA) is 96.0 Å². The number of hydrogen-bond acceptors (Lipinski definition) is 6. The molecule has 6 rings (SSSR count). The van der Waals surface area contributed by atoms with Crippen LogP contribution in [0.5, 0.6) is 11.6 Å².